The molecule has 0 fully saturated rings. The lowest BCUT2D eigenvalue weighted by atomic mass is 10.1. The first-order chi connectivity index (χ1) is 15.7. The normalized spacial score (nSPS) is 10.5. The van der Waals surface area contributed by atoms with Crippen molar-refractivity contribution in [3.8, 4) is 11.4 Å². The van der Waals surface area contributed by atoms with Crippen LogP contribution < -0.4 is 10.9 Å². The van der Waals surface area contributed by atoms with Gasteiger partial charge in [0.05, 0.1) is 6.54 Å². The predicted molar refractivity (Wildman–Crippen MR) is 117 cm³/mol. The van der Waals surface area contributed by atoms with Gasteiger partial charge >= 0.3 is 0 Å². The van der Waals surface area contributed by atoms with E-state index in [9.17, 15) is 9.59 Å². The molecule has 0 atom stereocenters. The van der Waals surface area contributed by atoms with Gasteiger partial charge in [0, 0.05) is 29.9 Å². The Morgan fingerprint density at radius 3 is 2.44 bits per heavy atom. The Morgan fingerprint density at radius 1 is 0.875 bits per heavy atom. The van der Waals surface area contributed by atoms with Gasteiger partial charge in [0.2, 0.25) is 11.7 Å². The Kier molecular flexibility index (Phi) is 6.57. The highest BCUT2D eigenvalue weighted by Crippen LogP contribution is 2.12. The summed E-state index contributed by atoms with van der Waals surface area (Å²) in [6, 6.07) is 20.3. The van der Waals surface area contributed by atoms with E-state index in [0.29, 0.717) is 24.4 Å². The Hall–Kier alpha value is -4.40. The van der Waals surface area contributed by atoms with Crippen molar-refractivity contribution in [1.29, 1.82) is 0 Å². The van der Waals surface area contributed by atoms with Gasteiger partial charge in [-0.15, -0.1) is 10.2 Å². The highest BCUT2D eigenvalue weighted by Gasteiger charge is 2.09. The van der Waals surface area contributed by atoms with Crippen LogP contribution in [0.4, 0.5) is 0 Å². The number of nitrogens with zero attached hydrogens (tertiary/aromatic N) is 5. The fourth-order valence-electron chi connectivity index (χ4n) is 3.00. The molecule has 160 valence electrons. The zero-order valence-corrected chi connectivity index (χ0v) is 17.2. The molecule has 0 aliphatic carbocycles. The second-order valence-corrected chi connectivity index (χ2v) is 7.07. The Labute approximate surface area is 184 Å². The summed E-state index contributed by atoms with van der Waals surface area (Å²) in [6.45, 7) is 0.423. The van der Waals surface area contributed by atoms with E-state index in [1.54, 1.807) is 24.5 Å². The molecule has 2 heterocycles. The summed E-state index contributed by atoms with van der Waals surface area (Å²) in [5.41, 5.74) is 8.07. The van der Waals surface area contributed by atoms with Gasteiger partial charge in [-0.25, -0.2) is 0 Å². The summed E-state index contributed by atoms with van der Waals surface area (Å²) in [4.78, 5) is 29.7. The minimum absolute atomic E-state index is 0.251. The largest absolute Gasteiger partial charge is 0.273 e. The van der Waals surface area contributed by atoms with Crippen LogP contribution in [0.5, 0.6) is 0 Å². The maximum atomic E-state index is 12.3. The van der Waals surface area contributed by atoms with Crippen LogP contribution >= 0.6 is 0 Å². The van der Waals surface area contributed by atoms with Gasteiger partial charge in [-0.3, -0.25) is 25.4 Å². The molecule has 0 saturated heterocycles. The van der Waals surface area contributed by atoms with Crippen LogP contribution in [0, 0.1) is 0 Å². The van der Waals surface area contributed by atoms with Crippen molar-refractivity contribution in [2.75, 3.05) is 0 Å². The summed E-state index contributed by atoms with van der Waals surface area (Å²) in [5.74, 6) is -0.109. The topological polar surface area (TPSA) is 115 Å². The number of tetrazole rings is 1. The van der Waals surface area contributed by atoms with Crippen LogP contribution in [0.25, 0.3) is 11.4 Å². The number of hydrogen-bond acceptors (Lipinski definition) is 6. The fourth-order valence-corrected chi connectivity index (χ4v) is 3.00. The number of pyridine rings is 1. The number of carbonyl (C=O) groups is 2. The molecular weight excluding hydrogens is 406 g/mol. The molecule has 0 saturated carbocycles. The summed E-state index contributed by atoms with van der Waals surface area (Å²) >= 11 is 0. The summed E-state index contributed by atoms with van der Waals surface area (Å²) in [5, 5.41) is 12.5. The molecule has 0 aliphatic rings. The maximum absolute atomic E-state index is 12.3. The van der Waals surface area contributed by atoms with Crippen molar-refractivity contribution in [2.45, 2.75) is 19.4 Å². The van der Waals surface area contributed by atoms with Crippen LogP contribution in [0.1, 0.15) is 27.9 Å². The molecule has 2 amide bonds. The zero-order chi connectivity index (χ0) is 22.2. The SMILES string of the molecule is O=C(CCc1cccnc1)NNC(=O)c1ccc(Cn2nnc(-c3ccccc3)n2)cc1. The maximum Gasteiger partial charge on any atom is 0.269 e. The van der Waals surface area contributed by atoms with Crippen molar-refractivity contribution < 1.29 is 9.59 Å². The lowest BCUT2D eigenvalue weighted by Crippen LogP contribution is -2.41. The number of carbonyl (C=O) groups excluding carboxylic acids is 2. The van der Waals surface area contributed by atoms with Crippen molar-refractivity contribution >= 4 is 11.8 Å². The van der Waals surface area contributed by atoms with Crippen LogP contribution in [0.2, 0.25) is 0 Å². The van der Waals surface area contributed by atoms with E-state index in [4.69, 9.17) is 0 Å². The first kappa shape index (κ1) is 20.9. The minimum atomic E-state index is -0.392. The average molecular weight is 427 g/mol. The number of hydrogen-bond donors (Lipinski definition) is 2. The standard InChI is InChI=1S/C23H21N7O2/c31-21(13-10-17-5-4-14-24-15-17)25-27-23(32)20-11-8-18(9-12-20)16-30-28-22(26-29-30)19-6-2-1-3-7-19/h1-9,11-12,14-15H,10,13,16H2,(H,25,31)(H,27,32). The predicted octanol–water partition coefficient (Wildman–Crippen LogP) is 2.18. The third kappa shape index (κ3) is 5.60. The molecule has 2 N–H and O–H groups in total. The molecule has 9 nitrogen and oxygen atoms in total. The van der Waals surface area contributed by atoms with E-state index in [1.807, 2.05) is 54.6 Å². The van der Waals surface area contributed by atoms with Gasteiger partial charge in [0.15, 0.2) is 0 Å². The van der Waals surface area contributed by atoms with Crippen molar-refractivity contribution in [3.63, 3.8) is 0 Å². The molecule has 0 bridgehead atoms. The van der Waals surface area contributed by atoms with Gasteiger partial charge in [0.25, 0.3) is 5.91 Å². The molecule has 4 aromatic rings. The highest BCUT2D eigenvalue weighted by molar-refractivity contribution is 5.95. The van der Waals surface area contributed by atoms with E-state index in [1.165, 1.54) is 4.80 Å². The van der Waals surface area contributed by atoms with Gasteiger partial charge in [-0.05, 0) is 41.0 Å². The van der Waals surface area contributed by atoms with Gasteiger partial charge in [-0.1, -0.05) is 48.5 Å². The van der Waals surface area contributed by atoms with E-state index in [0.717, 1.165) is 16.7 Å². The highest BCUT2D eigenvalue weighted by atomic mass is 16.2. The number of rotatable bonds is 7. The summed E-state index contributed by atoms with van der Waals surface area (Å²) in [7, 11) is 0. The summed E-state index contributed by atoms with van der Waals surface area (Å²) in [6.07, 6.45) is 4.19. The molecule has 2 aromatic carbocycles. The lowest BCUT2D eigenvalue weighted by molar-refractivity contribution is -0.121. The lowest BCUT2D eigenvalue weighted by Gasteiger charge is -2.08. The van der Waals surface area contributed by atoms with Crippen molar-refractivity contribution in [3.05, 3.63) is 95.8 Å². The van der Waals surface area contributed by atoms with E-state index >= 15 is 0 Å². The average Bonchev–Trinajstić information content (AvgIpc) is 3.31. The first-order valence-corrected chi connectivity index (χ1v) is 10.1. The molecule has 0 unspecified atom stereocenters. The van der Waals surface area contributed by atoms with E-state index < -0.39 is 5.91 Å². The molecular formula is C23H21N7O2. The van der Waals surface area contributed by atoms with E-state index in [-0.39, 0.29) is 12.3 Å². The number of benzene rings is 2. The molecule has 0 radical (unpaired) electrons. The second-order valence-electron chi connectivity index (χ2n) is 7.07. The van der Waals surface area contributed by atoms with Crippen LogP contribution in [0.15, 0.2) is 79.1 Å². The van der Waals surface area contributed by atoms with E-state index in [2.05, 4.69) is 31.2 Å². The molecule has 0 aliphatic heterocycles. The van der Waals surface area contributed by atoms with Gasteiger partial charge in [0.1, 0.15) is 0 Å². The second kappa shape index (κ2) is 10.1. The third-order valence-electron chi connectivity index (χ3n) is 4.70. The number of amides is 2. The van der Waals surface area contributed by atoms with Crippen molar-refractivity contribution in [1.82, 2.24) is 36.0 Å². The number of hydrazine groups is 1. The Balaban J connectivity index is 1.26. The Morgan fingerprint density at radius 2 is 1.69 bits per heavy atom. The third-order valence-corrected chi connectivity index (χ3v) is 4.70. The van der Waals surface area contributed by atoms with Crippen LogP contribution in [0.3, 0.4) is 0 Å². The smallest absolute Gasteiger partial charge is 0.269 e. The number of nitrogens with one attached hydrogen (secondary N) is 2. The molecule has 2 aromatic heterocycles. The van der Waals surface area contributed by atoms with Crippen molar-refractivity contribution in [2.24, 2.45) is 0 Å². The first-order valence-electron chi connectivity index (χ1n) is 10.1. The monoisotopic (exact) mass is 427 g/mol. The summed E-state index contributed by atoms with van der Waals surface area (Å²) < 4.78 is 0. The zero-order valence-electron chi connectivity index (χ0n) is 17.2. The van der Waals surface area contributed by atoms with Crippen LogP contribution in [-0.2, 0) is 17.8 Å². The molecule has 4 rings (SSSR count). The molecule has 32 heavy (non-hydrogen) atoms. The molecule has 0 spiro atoms. The van der Waals surface area contributed by atoms with Gasteiger partial charge in [-0.2, -0.15) is 4.80 Å². The van der Waals surface area contributed by atoms with Crippen LogP contribution in [-0.4, -0.2) is 37.0 Å². The fraction of sp³-hybridized carbons (Fsp3) is 0.130. The Bertz CT molecular complexity index is 1180. The van der Waals surface area contributed by atoms with Gasteiger partial charge < -0.3 is 0 Å². The molecule has 9 heteroatoms. The quantitative estimate of drug-likeness (QED) is 0.437. The number of aryl methyl sites for hydroxylation is 1. The minimum Gasteiger partial charge on any atom is -0.273 e. The number of aromatic nitrogens is 5.